The molecule has 3 heterocycles. The van der Waals surface area contributed by atoms with Crippen LogP contribution in [0, 0.1) is 22.7 Å². The van der Waals surface area contributed by atoms with Crippen molar-refractivity contribution in [3.8, 4) is 0 Å². The topological polar surface area (TPSA) is 70.2 Å². The predicted octanol–water partition coefficient (Wildman–Crippen LogP) is 3.91. The van der Waals surface area contributed by atoms with E-state index in [0.717, 1.165) is 61.4 Å². The molecular formula is C25H37N5O. The first-order valence-electron chi connectivity index (χ1n) is 12.4. The van der Waals surface area contributed by atoms with Crippen molar-refractivity contribution in [2.45, 2.75) is 96.7 Å². The normalized spacial score (nSPS) is 37.6. The molecule has 1 aromatic rings. The zero-order valence-corrected chi connectivity index (χ0v) is 19.5. The first-order chi connectivity index (χ1) is 14.7. The second kappa shape index (κ2) is 6.35. The maximum absolute atomic E-state index is 13.0. The standard InChI is InChI=1S/C25H37N5O/c1-23(2)16-11-18(23)24(3,4)19(12-16)28-22-27-14-15-13-25(9-10-26-21(25)31)30(20(15)29-22)17-7-5-6-8-17/h14,16-19H,5-13H2,1-4H3,(H,26,31)(H,27,28,29)/t16-,18-,19+,25?/m1/s1. The van der Waals surface area contributed by atoms with Crippen LogP contribution in [0.4, 0.5) is 11.8 Å². The van der Waals surface area contributed by atoms with Gasteiger partial charge in [-0.15, -0.1) is 0 Å². The molecular weight excluding hydrogens is 386 g/mol. The van der Waals surface area contributed by atoms with Crippen LogP contribution in [0.25, 0.3) is 0 Å². The third-order valence-electron chi connectivity index (χ3n) is 10.0. The summed E-state index contributed by atoms with van der Waals surface area (Å²) in [6, 6.07) is 0.819. The van der Waals surface area contributed by atoms with Crippen LogP contribution < -0.4 is 15.5 Å². The summed E-state index contributed by atoms with van der Waals surface area (Å²) >= 11 is 0. The molecule has 1 unspecified atom stereocenters. The minimum Gasteiger partial charge on any atom is -0.354 e. The summed E-state index contributed by atoms with van der Waals surface area (Å²) in [7, 11) is 0. The lowest BCUT2D eigenvalue weighted by molar-refractivity contribution is -0.148. The van der Waals surface area contributed by atoms with E-state index < -0.39 is 5.54 Å². The summed E-state index contributed by atoms with van der Waals surface area (Å²) in [6.45, 7) is 10.5. The van der Waals surface area contributed by atoms with E-state index in [1.807, 2.05) is 6.20 Å². The molecule has 168 valence electrons. The monoisotopic (exact) mass is 423 g/mol. The lowest BCUT2D eigenvalue weighted by Crippen LogP contribution is -2.63. The van der Waals surface area contributed by atoms with Crippen molar-refractivity contribution in [2.24, 2.45) is 22.7 Å². The van der Waals surface area contributed by atoms with Crippen LogP contribution in [0.3, 0.4) is 0 Å². The van der Waals surface area contributed by atoms with Gasteiger partial charge in [-0.05, 0) is 54.8 Å². The van der Waals surface area contributed by atoms with E-state index in [-0.39, 0.29) is 11.3 Å². The molecule has 0 aromatic carbocycles. The van der Waals surface area contributed by atoms with Gasteiger partial charge in [-0.25, -0.2) is 4.98 Å². The molecule has 1 amide bonds. The first-order valence-corrected chi connectivity index (χ1v) is 12.4. The number of amides is 1. The molecule has 1 aromatic heterocycles. The van der Waals surface area contributed by atoms with E-state index in [1.54, 1.807) is 0 Å². The number of rotatable bonds is 3. The molecule has 6 nitrogen and oxygen atoms in total. The van der Waals surface area contributed by atoms with Gasteiger partial charge in [0, 0.05) is 36.8 Å². The van der Waals surface area contributed by atoms with Gasteiger partial charge in [-0.2, -0.15) is 4.98 Å². The third-order valence-corrected chi connectivity index (χ3v) is 10.0. The van der Waals surface area contributed by atoms with Crippen molar-refractivity contribution < 1.29 is 4.79 Å². The highest BCUT2D eigenvalue weighted by Gasteiger charge is 2.61. The van der Waals surface area contributed by atoms with E-state index in [2.05, 4.69) is 43.2 Å². The number of aromatic nitrogens is 2. The van der Waals surface area contributed by atoms with Crippen molar-refractivity contribution in [3.05, 3.63) is 11.8 Å². The Kier molecular flexibility index (Phi) is 4.06. The number of carbonyl (C=O) groups is 1. The van der Waals surface area contributed by atoms with Gasteiger partial charge in [-0.3, -0.25) is 4.79 Å². The van der Waals surface area contributed by atoms with E-state index >= 15 is 0 Å². The van der Waals surface area contributed by atoms with Crippen molar-refractivity contribution in [2.75, 3.05) is 16.8 Å². The average Bonchev–Trinajstić information content (AvgIpc) is 3.42. The lowest BCUT2D eigenvalue weighted by atomic mass is 9.40. The summed E-state index contributed by atoms with van der Waals surface area (Å²) in [5, 5.41) is 6.86. The van der Waals surface area contributed by atoms with Gasteiger partial charge in [0.2, 0.25) is 11.9 Å². The van der Waals surface area contributed by atoms with Crippen LogP contribution in [0.2, 0.25) is 0 Å². The van der Waals surface area contributed by atoms with Gasteiger partial charge in [0.05, 0.1) is 0 Å². The number of carbonyl (C=O) groups excluding carboxylic acids is 1. The Bertz CT molecular complexity index is 920. The molecule has 7 rings (SSSR count). The van der Waals surface area contributed by atoms with Crippen molar-refractivity contribution in [3.63, 3.8) is 0 Å². The fourth-order valence-corrected chi connectivity index (χ4v) is 8.06. The van der Waals surface area contributed by atoms with E-state index in [4.69, 9.17) is 9.97 Å². The molecule has 0 radical (unpaired) electrons. The summed E-state index contributed by atoms with van der Waals surface area (Å²) in [5.74, 6) is 3.47. The van der Waals surface area contributed by atoms with Crippen molar-refractivity contribution >= 4 is 17.7 Å². The molecule has 1 saturated heterocycles. The average molecular weight is 424 g/mol. The summed E-state index contributed by atoms with van der Waals surface area (Å²) in [4.78, 5) is 25.3. The Morgan fingerprint density at radius 3 is 2.55 bits per heavy atom. The highest BCUT2D eigenvalue weighted by Crippen LogP contribution is 2.66. The van der Waals surface area contributed by atoms with E-state index in [0.29, 0.717) is 17.5 Å². The van der Waals surface area contributed by atoms with E-state index in [1.165, 1.54) is 25.7 Å². The zero-order valence-electron chi connectivity index (χ0n) is 19.5. The Balaban J connectivity index is 1.31. The lowest BCUT2D eigenvalue weighted by Gasteiger charge is -2.66. The number of hydrogen-bond acceptors (Lipinski definition) is 5. The molecule has 4 atom stereocenters. The van der Waals surface area contributed by atoms with Crippen LogP contribution in [0.5, 0.6) is 0 Å². The third kappa shape index (κ3) is 2.59. The van der Waals surface area contributed by atoms with Crippen LogP contribution >= 0.6 is 0 Å². The minimum absolute atomic E-state index is 0.183. The van der Waals surface area contributed by atoms with Gasteiger partial charge in [0.1, 0.15) is 11.4 Å². The second-order valence-corrected chi connectivity index (χ2v) is 12.1. The first kappa shape index (κ1) is 19.8. The smallest absolute Gasteiger partial charge is 0.246 e. The summed E-state index contributed by atoms with van der Waals surface area (Å²) in [6.07, 6.45) is 11.0. The van der Waals surface area contributed by atoms with Crippen LogP contribution in [0.15, 0.2) is 6.20 Å². The Morgan fingerprint density at radius 1 is 1.13 bits per heavy atom. The van der Waals surface area contributed by atoms with Crippen LogP contribution in [-0.2, 0) is 11.2 Å². The van der Waals surface area contributed by atoms with Gasteiger partial charge in [0.15, 0.2) is 0 Å². The van der Waals surface area contributed by atoms with Crippen molar-refractivity contribution in [1.29, 1.82) is 0 Å². The number of hydrogen-bond donors (Lipinski definition) is 2. The van der Waals surface area contributed by atoms with E-state index in [9.17, 15) is 4.79 Å². The minimum atomic E-state index is -0.444. The number of anilines is 2. The zero-order chi connectivity index (χ0) is 21.6. The maximum Gasteiger partial charge on any atom is 0.246 e. The Morgan fingerprint density at radius 2 is 1.90 bits per heavy atom. The SMILES string of the molecule is CC1(C)[C@@H]2C[C@H]1C(C)(C)[C@@H](Nc1ncc3c(n1)N(C1CCCC1)C1(CCNC1=O)C3)C2. The molecule has 2 bridgehead atoms. The summed E-state index contributed by atoms with van der Waals surface area (Å²) in [5.41, 5.74) is 1.36. The molecule has 1 spiro atoms. The van der Waals surface area contributed by atoms with Gasteiger partial charge in [-0.1, -0.05) is 40.5 Å². The molecule has 5 fully saturated rings. The van der Waals surface area contributed by atoms with Crippen molar-refractivity contribution in [1.82, 2.24) is 15.3 Å². The highest BCUT2D eigenvalue weighted by molar-refractivity contribution is 5.94. The Hall–Kier alpha value is -1.85. The summed E-state index contributed by atoms with van der Waals surface area (Å²) < 4.78 is 0. The molecule has 4 aliphatic carbocycles. The number of fused-ring (bicyclic) bond motifs is 3. The van der Waals surface area contributed by atoms with Gasteiger partial charge < -0.3 is 15.5 Å². The van der Waals surface area contributed by atoms with Gasteiger partial charge >= 0.3 is 0 Å². The highest BCUT2D eigenvalue weighted by atomic mass is 16.2. The van der Waals surface area contributed by atoms with Crippen LogP contribution in [0.1, 0.15) is 78.2 Å². The number of nitrogens with zero attached hydrogens (tertiary/aromatic N) is 3. The maximum atomic E-state index is 13.0. The molecule has 6 aliphatic rings. The predicted molar refractivity (Wildman–Crippen MR) is 122 cm³/mol. The molecule has 2 N–H and O–H groups in total. The Labute approximate surface area is 186 Å². The fraction of sp³-hybridized carbons (Fsp3) is 0.800. The quantitative estimate of drug-likeness (QED) is 0.771. The largest absolute Gasteiger partial charge is 0.354 e. The molecule has 31 heavy (non-hydrogen) atoms. The number of nitrogens with one attached hydrogen (secondary N) is 2. The van der Waals surface area contributed by atoms with Crippen LogP contribution in [-0.4, -0.2) is 40.0 Å². The van der Waals surface area contributed by atoms with Gasteiger partial charge in [0.25, 0.3) is 0 Å². The molecule has 6 heteroatoms. The molecule has 4 saturated carbocycles. The second-order valence-electron chi connectivity index (χ2n) is 12.1. The fourth-order valence-electron chi connectivity index (χ4n) is 8.06. The molecule has 2 aliphatic heterocycles.